The Hall–Kier alpha value is -0.870. The highest BCUT2D eigenvalue weighted by Crippen LogP contribution is 2.30. The van der Waals surface area contributed by atoms with E-state index in [1.807, 2.05) is 0 Å². The number of methoxy groups -OCH3 is 1. The maximum Gasteiger partial charge on any atom is 0.309 e. The molecule has 0 fully saturated rings. The van der Waals surface area contributed by atoms with E-state index in [1.54, 1.807) is 0 Å². The fourth-order valence-electron chi connectivity index (χ4n) is 1.91. The summed E-state index contributed by atoms with van der Waals surface area (Å²) in [6, 6.07) is 0. The van der Waals surface area contributed by atoms with E-state index in [0.717, 1.165) is 11.3 Å². The average Bonchev–Trinajstić information content (AvgIpc) is 2.27. The molecule has 0 N–H and O–H groups in total. The topological polar surface area (TPSA) is 52.1 Å². The van der Waals surface area contributed by atoms with E-state index in [1.165, 1.54) is 7.11 Å². The molecule has 4 nitrogen and oxygen atoms in total. The van der Waals surface area contributed by atoms with Crippen molar-refractivity contribution in [2.45, 2.75) is 19.3 Å². The summed E-state index contributed by atoms with van der Waals surface area (Å²) in [6.45, 7) is 0. The Kier molecular flexibility index (Phi) is 3.30. The van der Waals surface area contributed by atoms with Gasteiger partial charge in [-0.05, 0) is 30.9 Å². The third-order valence-electron chi connectivity index (χ3n) is 2.73. The lowest BCUT2D eigenvalue weighted by molar-refractivity contribution is -0.145. The molecule has 0 saturated heterocycles. The molecule has 0 amide bonds. The first-order valence-electron chi connectivity index (χ1n) is 4.90. The second-order valence-corrected chi connectivity index (χ2v) is 4.37. The van der Waals surface area contributed by atoms with Gasteiger partial charge in [-0.15, -0.1) is 0 Å². The summed E-state index contributed by atoms with van der Waals surface area (Å²) in [6.07, 6.45) is 1.92. The molecular formula is C10H10Cl2N2O2. The van der Waals surface area contributed by atoms with Crippen molar-refractivity contribution in [2.24, 2.45) is 5.92 Å². The number of halogens is 2. The van der Waals surface area contributed by atoms with Crippen LogP contribution in [0.5, 0.6) is 0 Å². The number of hydrogen-bond donors (Lipinski definition) is 0. The molecule has 0 aromatic carbocycles. The van der Waals surface area contributed by atoms with Crippen LogP contribution in [0.3, 0.4) is 0 Å². The van der Waals surface area contributed by atoms with Gasteiger partial charge in [-0.2, -0.15) is 0 Å². The highest BCUT2D eigenvalue weighted by atomic mass is 35.5. The summed E-state index contributed by atoms with van der Waals surface area (Å²) in [5.41, 5.74) is 1.65. The van der Waals surface area contributed by atoms with Gasteiger partial charge in [0.15, 0.2) is 0 Å². The highest BCUT2D eigenvalue weighted by Gasteiger charge is 2.28. The lowest BCUT2D eigenvalue weighted by Gasteiger charge is -2.22. The van der Waals surface area contributed by atoms with E-state index in [0.29, 0.717) is 24.4 Å². The van der Waals surface area contributed by atoms with Crippen LogP contribution in [0, 0.1) is 5.92 Å². The Bertz CT molecular complexity index is 437. The summed E-state index contributed by atoms with van der Waals surface area (Å²) in [5.74, 6) is -0.364. The Labute approximate surface area is 103 Å². The largest absolute Gasteiger partial charge is 0.469 e. The van der Waals surface area contributed by atoms with Crippen LogP contribution < -0.4 is 0 Å². The first-order chi connectivity index (χ1) is 7.61. The Morgan fingerprint density at radius 1 is 1.44 bits per heavy atom. The molecule has 1 aromatic heterocycles. The van der Waals surface area contributed by atoms with Gasteiger partial charge in [0.05, 0.1) is 18.7 Å². The van der Waals surface area contributed by atoms with Crippen LogP contribution in [-0.4, -0.2) is 23.0 Å². The van der Waals surface area contributed by atoms with Crippen molar-refractivity contribution in [3.8, 4) is 0 Å². The van der Waals surface area contributed by atoms with E-state index in [-0.39, 0.29) is 17.2 Å². The summed E-state index contributed by atoms with van der Waals surface area (Å²) in [5, 5.41) is 0.490. The third kappa shape index (κ3) is 2.13. The minimum atomic E-state index is -0.211. The number of carbonyl (C=O) groups excluding carboxylic acids is 1. The summed E-state index contributed by atoms with van der Waals surface area (Å²) in [7, 11) is 1.39. The lowest BCUT2D eigenvalue weighted by Crippen LogP contribution is -2.25. The van der Waals surface area contributed by atoms with Gasteiger partial charge in [0.25, 0.3) is 0 Å². The first-order valence-corrected chi connectivity index (χ1v) is 5.66. The zero-order valence-corrected chi connectivity index (χ0v) is 10.2. The predicted molar refractivity (Wildman–Crippen MR) is 59.6 cm³/mol. The standard InChI is InChI=1S/C10H10Cl2N2O2/c1-16-9(15)5-2-3-7-6(4-5)8(11)14-10(12)13-7/h5H,2-4H2,1H3. The fourth-order valence-corrected chi connectivity index (χ4v) is 2.40. The van der Waals surface area contributed by atoms with E-state index < -0.39 is 0 Å². The number of hydrogen-bond acceptors (Lipinski definition) is 4. The Morgan fingerprint density at radius 3 is 2.88 bits per heavy atom. The smallest absolute Gasteiger partial charge is 0.309 e. The highest BCUT2D eigenvalue weighted by molar-refractivity contribution is 6.32. The monoisotopic (exact) mass is 260 g/mol. The van der Waals surface area contributed by atoms with Crippen LogP contribution in [0.4, 0.5) is 0 Å². The number of aromatic nitrogens is 2. The maximum absolute atomic E-state index is 11.4. The average molecular weight is 261 g/mol. The molecule has 16 heavy (non-hydrogen) atoms. The number of fused-ring (bicyclic) bond motifs is 1. The molecule has 86 valence electrons. The molecule has 0 saturated carbocycles. The molecule has 6 heteroatoms. The van der Waals surface area contributed by atoms with Crippen molar-refractivity contribution >= 4 is 29.2 Å². The predicted octanol–water partition coefficient (Wildman–Crippen LogP) is 2.06. The maximum atomic E-state index is 11.4. The summed E-state index contributed by atoms with van der Waals surface area (Å²) in [4.78, 5) is 19.4. The summed E-state index contributed by atoms with van der Waals surface area (Å²) >= 11 is 11.7. The van der Waals surface area contributed by atoms with Crippen LogP contribution in [0.15, 0.2) is 0 Å². The van der Waals surface area contributed by atoms with Crippen molar-refractivity contribution in [1.29, 1.82) is 0 Å². The van der Waals surface area contributed by atoms with Crippen LogP contribution in [0.25, 0.3) is 0 Å². The minimum absolute atomic E-state index is 0.153. The third-order valence-corrected chi connectivity index (χ3v) is 3.21. The van der Waals surface area contributed by atoms with Gasteiger partial charge in [0.2, 0.25) is 5.28 Å². The molecule has 0 bridgehead atoms. The van der Waals surface area contributed by atoms with Gasteiger partial charge >= 0.3 is 5.97 Å². The van der Waals surface area contributed by atoms with Crippen molar-refractivity contribution in [3.63, 3.8) is 0 Å². The van der Waals surface area contributed by atoms with Crippen molar-refractivity contribution in [3.05, 3.63) is 21.7 Å². The van der Waals surface area contributed by atoms with Gasteiger partial charge < -0.3 is 4.74 Å². The molecular weight excluding hydrogens is 251 g/mol. The van der Waals surface area contributed by atoms with Crippen molar-refractivity contribution in [1.82, 2.24) is 9.97 Å². The van der Waals surface area contributed by atoms with Crippen LogP contribution in [0.2, 0.25) is 10.4 Å². The van der Waals surface area contributed by atoms with Gasteiger partial charge in [0, 0.05) is 5.56 Å². The van der Waals surface area contributed by atoms with E-state index in [2.05, 4.69) is 9.97 Å². The minimum Gasteiger partial charge on any atom is -0.469 e. The number of ether oxygens (including phenoxy) is 1. The van der Waals surface area contributed by atoms with Crippen molar-refractivity contribution < 1.29 is 9.53 Å². The van der Waals surface area contributed by atoms with Gasteiger partial charge in [0.1, 0.15) is 5.15 Å². The number of esters is 1. The second kappa shape index (κ2) is 4.55. The van der Waals surface area contributed by atoms with Gasteiger partial charge in [-0.3, -0.25) is 4.79 Å². The van der Waals surface area contributed by atoms with Crippen molar-refractivity contribution in [2.75, 3.05) is 7.11 Å². The fraction of sp³-hybridized carbons (Fsp3) is 0.500. The number of nitrogens with zero attached hydrogens (tertiary/aromatic N) is 2. The SMILES string of the molecule is COC(=O)C1CCc2nc(Cl)nc(Cl)c2C1. The lowest BCUT2D eigenvalue weighted by atomic mass is 9.87. The van der Waals surface area contributed by atoms with Crippen LogP contribution in [0.1, 0.15) is 17.7 Å². The zero-order valence-electron chi connectivity index (χ0n) is 8.67. The zero-order chi connectivity index (χ0) is 11.7. The molecule has 0 aliphatic heterocycles. The number of rotatable bonds is 1. The second-order valence-electron chi connectivity index (χ2n) is 3.67. The first kappa shape index (κ1) is 11.6. The molecule has 1 atom stereocenters. The molecule has 2 rings (SSSR count). The molecule has 1 aliphatic rings. The van der Waals surface area contributed by atoms with E-state index in [4.69, 9.17) is 27.9 Å². The normalized spacial score (nSPS) is 19.1. The molecule has 0 spiro atoms. The molecule has 1 heterocycles. The quantitative estimate of drug-likeness (QED) is 0.441. The Balaban J connectivity index is 2.30. The molecule has 1 unspecified atom stereocenters. The molecule has 1 aliphatic carbocycles. The van der Waals surface area contributed by atoms with E-state index >= 15 is 0 Å². The summed E-state index contributed by atoms with van der Waals surface area (Å²) < 4.78 is 4.72. The Morgan fingerprint density at radius 2 is 2.19 bits per heavy atom. The molecule has 1 aromatic rings. The van der Waals surface area contributed by atoms with Crippen LogP contribution >= 0.6 is 23.2 Å². The van der Waals surface area contributed by atoms with Crippen LogP contribution in [-0.2, 0) is 22.4 Å². The number of aryl methyl sites for hydroxylation is 1. The van der Waals surface area contributed by atoms with E-state index in [9.17, 15) is 4.79 Å². The van der Waals surface area contributed by atoms with Gasteiger partial charge in [-0.25, -0.2) is 9.97 Å². The number of carbonyl (C=O) groups is 1. The molecule has 0 radical (unpaired) electrons. The van der Waals surface area contributed by atoms with Gasteiger partial charge in [-0.1, -0.05) is 11.6 Å².